The number of rotatable bonds is 3. The molecule has 2 unspecified atom stereocenters. The molecule has 114 valence electrons. The van der Waals surface area contributed by atoms with E-state index < -0.39 is 0 Å². The molecule has 1 aliphatic carbocycles. The van der Waals surface area contributed by atoms with Crippen LogP contribution in [0.2, 0.25) is 0 Å². The lowest BCUT2D eigenvalue weighted by molar-refractivity contribution is -0.127. The van der Waals surface area contributed by atoms with E-state index in [9.17, 15) is 4.79 Å². The molecule has 21 heavy (non-hydrogen) atoms. The molecule has 1 amide bonds. The van der Waals surface area contributed by atoms with Gasteiger partial charge >= 0.3 is 0 Å². The molecule has 1 aromatic carbocycles. The topological polar surface area (TPSA) is 41.1 Å². The molecule has 1 aromatic rings. The Bertz CT molecular complexity index is 479. The van der Waals surface area contributed by atoms with Crippen LogP contribution in [0, 0.1) is 0 Å². The minimum Gasteiger partial charge on any atom is -0.352 e. The van der Waals surface area contributed by atoms with Crippen molar-refractivity contribution >= 4 is 5.91 Å². The van der Waals surface area contributed by atoms with Gasteiger partial charge in [0.1, 0.15) is 0 Å². The summed E-state index contributed by atoms with van der Waals surface area (Å²) in [6.45, 7) is 3.20. The lowest BCUT2D eigenvalue weighted by Crippen LogP contribution is -2.51. The van der Waals surface area contributed by atoms with E-state index in [2.05, 4.69) is 41.8 Å². The molecule has 2 aliphatic rings. The SMILES string of the molecule is CC1CC(NC(=O)C2(c3ccccc3)CCCC2)CCN1. The number of benzene rings is 1. The van der Waals surface area contributed by atoms with Crippen molar-refractivity contribution in [2.45, 2.75) is 62.9 Å². The molecule has 1 aliphatic heterocycles. The zero-order chi connectivity index (χ0) is 14.7. The molecule has 3 heteroatoms. The van der Waals surface area contributed by atoms with Crippen LogP contribution in [-0.2, 0) is 10.2 Å². The molecule has 0 aromatic heterocycles. The fourth-order valence-electron chi connectivity index (χ4n) is 3.97. The van der Waals surface area contributed by atoms with Crippen molar-refractivity contribution in [1.29, 1.82) is 0 Å². The Morgan fingerprint density at radius 1 is 1.24 bits per heavy atom. The van der Waals surface area contributed by atoms with E-state index in [1.807, 2.05) is 6.07 Å². The van der Waals surface area contributed by atoms with Crippen LogP contribution >= 0.6 is 0 Å². The van der Waals surface area contributed by atoms with Crippen molar-refractivity contribution in [3.63, 3.8) is 0 Å². The monoisotopic (exact) mass is 286 g/mol. The summed E-state index contributed by atoms with van der Waals surface area (Å²) in [6.07, 6.45) is 6.38. The third-order valence-corrected chi connectivity index (χ3v) is 5.18. The van der Waals surface area contributed by atoms with Gasteiger partial charge in [0.05, 0.1) is 5.41 Å². The Balaban J connectivity index is 1.76. The first-order chi connectivity index (χ1) is 10.2. The summed E-state index contributed by atoms with van der Waals surface area (Å²) < 4.78 is 0. The molecule has 1 saturated carbocycles. The first kappa shape index (κ1) is 14.6. The van der Waals surface area contributed by atoms with E-state index in [1.54, 1.807) is 0 Å². The predicted molar refractivity (Wildman–Crippen MR) is 85.2 cm³/mol. The summed E-state index contributed by atoms with van der Waals surface area (Å²) in [4.78, 5) is 13.0. The van der Waals surface area contributed by atoms with Crippen LogP contribution in [0.4, 0.5) is 0 Å². The first-order valence-electron chi connectivity index (χ1n) is 8.30. The zero-order valence-electron chi connectivity index (χ0n) is 12.9. The van der Waals surface area contributed by atoms with E-state index in [1.165, 1.54) is 5.56 Å². The van der Waals surface area contributed by atoms with Gasteiger partial charge in [-0.3, -0.25) is 4.79 Å². The third kappa shape index (κ3) is 2.98. The van der Waals surface area contributed by atoms with Crippen LogP contribution < -0.4 is 10.6 Å². The molecule has 0 spiro atoms. The average molecular weight is 286 g/mol. The number of hydrogen-bond acceptors (Lipinski definition) is 2. The number of hydrogen-bond donors (Lipinski definition) is 2. The molecule has 1 saturated heterocycles. The first-order valence-corrected chi connectivity index (χ1v) is 8.30. The zero-order valence-corrected chi connectivity index (χ0v) is 12.9. The van der Waals surface area contributed by atoms with Gasteiger partial charge in [-0.05, 0) is 44.7 Å². The van der Waals surface area contributed by atoms with Crippen molar-refractivity contribution in [3.8, 4) is 0 Å². The fourth-order valence-corrected chi connectivity index (χ4v) is 3.97. The Morgan fingerprint density at radius 3 is 2.62 bits per heavy atom. The smallest absolute Gasteiger partial charge is 0.230 e. The maximum atomic E-state index is 13.0. The predicted octanol–water partition coefficient (Wildman–Crippen LogP) is 2.76. The van der Waals surface area contributed by atoms with Gasteiger partial charge in [-0.25, -0.2) is 0 Å². The highest BCUT2D eigenvalue weighted by Crippen LogP contribution is 2.41. The van der Waals surface area contributed by atoms with Gasteiger partial charge in [0.2, 0.25) is 5.91 Å². The normalized spacial score (nSPS) is 28.2. The number of carbonyl (C=O) groups is 1. The average Bonchev–Trinajstić information content (AvgIpc) is 2.99. The van der Waals surface area contributed by atoms with Gasteiger partial charge in [0.15, 0.2) is 0 Å². The van der Waals surface area contributed by atoms with Crippen LogP contribution in [0.5, 0.6) is 0 Å². The Kier molecular flexibility index (Phi) is 4.29. The number of amides is 1. The van der Waals surface area contributed by atoms with Crippen molar-refractivity contribution in [3.05, 3.63) is 35.9 Å². The summed E-state index contributed by atoms with van der Waals surface area (Å²) in [5.74, 6) is 0.255. The second kappa shape index (κ2) is 6.18. The number of carbonyl (C=O) groups excluding carboxylic acids is 1. The van der Waals surface area contributed by atoms with E-state index >= 15 is 0 Å². The van der Waals surface area contributed by atoms with Crippen molar-refractivity contribution in [2.24, 2.45) is 0 Å². The van der Waals surface area contributed by atoms with E-state index in [-0.39, 0.29) is 11.3 Å². The lowest BCUT2D eigenvalue weighted by Gasteiger charge is -2.34. The fraction of sp³-hybridized carbons (Fsp3) is 0.611. The number of piperidine rings is 1. The van der Waals surface area contributed by atoms with E-state index in [0.29, 0.717) is 12.1 Å². The standard InChI is InChI=1S/C18H26N2O/c1-14-13-16(9-12-19-14)20-17(21)18(10-5-6-11-18)15-7-3-2-4-8-15/h2-4,7-8,14,16,19H,5-6,9-13H2,1H3,(H,20,21). The molecular weight excluding hydrogens is 260 g/mol. The van der Waals surface area contributed by atoms with Crippen LogP contribution in [0.25, 0.3) is 0 Å². The summed E-state index contributed by atoms with van der Waals surface area (Å²) >= 11 is 0. The third-order valence-electron chi connectivity index (χ3n) is 5.18. The summed E-state index contributed by atoms with van der Waals surface area (Å²) in [7, 11) is 0. The van der Waals surface area contributed by atoms with Gasteiger partial charge in [0.25, 0.3) is 0 Å². The van der Waals surface area contributed by atoms with Gasteiger partial charge in [-0.15, -0.1) is 0 Å². The van der Waals surface area contributed by atoms with Crippen LogP contribution in [0.3, 0.4) is 0 Å². The minimum absolute atomic E-state index is 0.255. The van der Waals surface area contributed by atoms with Gasteiger partial charge in [-0.1, -0.05) is 43.2 Å². The molecule has 0 radical (unpaired) electrons. The van der Waals surface area contributed by atoms with Gasteiger partial charge in [-0.2, -0.15) is 0 Å². The number of nitrogens with one attached hydrogen (secondary N) is 2. The van der Waals surface area contributed by atoms with E-state index in [0.717, 1.165) is 45.1 Å². The van der Waals surface area contributed by atoms with Crippen molar-refractivity contribution in [2.75, 3.05) is 6.54 Å². The second-order valence-electron chi connectivity index (χ2n) is 6.71. The minimum atomic E-state index is -0.282. The molecule has 3 nitrogen and oxygen atoms in total. The second-order valence-corrected chi connectivity index (χ2v) is 6.71. The molecule has 1 heterocycles. The summed E-state index contributed by atoms with van der Waals surface area (Å²) in [6, 6.07) is 11.2. The highest BCUT2D eigenvalue weighted by molar-refractivity contribution is 5.88. The maximum absolute atomic E-state index is 13.0. The van der Waals surface area contributed by atoms with Crippen LogP contribution in [-0.4, -0.2) is 24.5 Å². The highest BCUT2D eigenvalue weighted by Gasteiger charge is 2.43. The Morgan fingerprint density at radius 2 is 1.95 bits per heavy atom. The van der Waals surface area contributed by atoms with Crippen molar-refractivity contribution in [1.82, 2.24) is 10.6 Å². The van der Waals surface area contributed by atoms with Crippen LogP contribution in [0.1, 0.15) is 51.0 Å². The van der Waals surface area contributed by atoms with Gasteiger partial charge in [0, 0.05) is 12.1 Å². The molecule has 3 rings (SSSR count). The molecular formula is C18H26N2O. The molecule has 2 atom stereocenters. The largest absolute Gasteiger partial charge is 0.352 e. The molecule has 2 N–H and O–H groups in total. The Labute approximate surface area is 127 Å². The van der Waals surface area contributed by atoms with Crippen molar-refractivity contribution < 1.29 is 4.79 Å². The maximum Gasteiger partial charge on any atom is 0.230 e. The molecule has 2 fully saturated rings. The molecule has 0 bridgehead atoms. The summed E-state index contributed by atoms with van der Waals surface area (Å²) in [5, 5.41) is 6.80. The van der Waals surface area contributed by atoms with Gasteiger partial charge < -0.3 is 10.6 Å². The Hall–Kier alpha value is -1.35. The van der Waals surface area contributed by atoms with E-state index in [4.69, 9.17) is 0 Å². The quantitative estimate of drug-likeness (QED) is 0.897. The van der Waals surface area contributed by atoms with Crippen LogP contribution in [0.15, 0.2) is 30.3 Å². The lowest BCUT2D eigenvalue weighted by atomic mass is 9.77. The highest BCUT2D eigenvalue weighted by atomic mass is 16.2. The summed E-state index contributed by atoms with van der Waals surface area (Å²) in [5.41, 5.74) is 0.914.